The minimum Gasteiger partial charge on any atom is -0.247 e. The van der Waals surface area contributed by atoms with Gasteiger partial charge in [-0.15, -0.1) is 22.9 Å². The van der Waals surface area contributed by atoms with Gasteiger partial charge in [-0.05, 0) is 39.5 Å². The Hall–Kier alpha value is -0.0800. The highest BCUT2D eigenvalue weighted by Gasteiger charge is 2.06. The average Bonchev–Trinajstić information content (AvgIpc) is 2.45. The van der Waals surface area contributed by atoms with E-state index in [-0.39, 0.29) is 0 Å². The number of alkyl halides is 1. The molecule has 3 heteroatoms. The van der Waals surface area contributed by atoms with Gasteiger partial charge < -0.3 is 0 Å². The maximum absolute atomic E-state index is 6.06. The van der Waals surface area contributed by atoms with Gasteiger partial charge in [0.25, 0.3) is 0 Å². The van der Waals surface area contributed by atoms with Gasteiger partial charge in [0.05, 0.1) is 10.7 Å². The number of aromatic nitrogens is 1. The highest BCUT2D eigenvalue weighted by molar-refractivity contribution is 7.11. The molecule has 80 valence electrons. The third-order valence-corrected chi connectivity index (χ3v) is 4.02. The van der Waals surface area contributed by atoms with Crippen LogP contribution in [0.3, 0.4) is 0 Å². The van der Waals surface area contributed by atoms with Crippen molar-refractivity contribution in [3.05, 3.63) is 15.6 Å². The molecule has 1 atom stereocenters. The van der Waals surface area contributed by atoms with Crippen LogP contribution in [0, 0.1) is 13.8 Å². The molecular formula is C11H18ClNS. The van der Waals surface area contributed by atoms with Gasteiger partial charge in [-0.25, -0.2) is 4.98 Å². The molecule has 0 amide bonds. The van der Waals surface area contributed by atoms with Gasteiger partial charge in [0.2, 0.25) is 0 Å². The Morgan fingerprint density at radius 2 is 2.14 bits per heavy atom. The standard InChI is InChI=1S/C11H18ClNS/c1-4-10(12)6-5-7-11-8(2)13-9(3)14-11/h10H,4-7H2,1-3H3. The van der Waals surface area contributed by atoms with E-state index >= 15 is 0 Å². The molecule has 0 aliphatic heterocycles. The number of halogens is 1. The maximum Gasteiger partial charge on any atom is 0.0900 e. The van der Waals surface area contributed by atoms with Crippen molar-refractivity contribution in [2.24, 2.45) is 0 Å². The first-order chi connectivity index (χ1) is 6.63. The van der Waals surface area contributed by atoms with E-state index in [1.165, 1.54) is 22.0 Å². The molecule has 1 heterocycles. The lowest BCUT2D eigenvalue weighted by Crippen LogP contribution is -1.96. The summed E-state index contributed by atoms with van der Waals surface area (Å²) in [5.74, 6) is 0. The fourth-order valence-electron chi connectivity index (χ4n) is 1.49. The minimum absolute atomic E-state index is 0.351. The Morgan fingerprint density at radius 3 is 2.64 bits per heavy atom. The Balaban J connectivity index is 2.34. The molecular weight excluding hydrogens is 214 g/mol. The fourth-order valence-corrected chi connectivity index (χ4v) is 2.63. The van der Waals surface area contributed by atoms with E-state index in [1.807, 2.05) is 11.3 Å². The number of aryl methyl sites for hydroxylation is 3. The zero-order valence-electron chi connectivity index (χ0n) is 9.14. The van der Waals surface area contributed by atoms with E-state index in [0.717, 1.165) is 19.3 Å². The quantitative estimate of drug-likeness (QED) is 0.696. The normalized spacial score (nSPS) is 13.1. The summed E-state index contributed by atoms with van der Waals surface area (Å²) in [7, 11) is 0. The van der Waals surface area contributed by atoms with Crippen LogP contribution in [0.25, 0.3) is 0 Å². The van der Waals surface area contributed by atoms with Crippen LogP contribution >= 0.6 is 22.9 Å². The predicted octanol–water partition coefficient (Wildman–Crippen LogP) is 4.10. The van der Waals surface area contributed by atoms with E-state index in [1.54, 1.807) is 0 Å². The van der Waals surface area contributed by atoms with Gasteiger partial charge in [-0.2, -0.15) is 0 Å². The molecule has 0 aliphatic rings. The maximum atomic E-state index is 6.06. The highest BCUT2D eigenvalue weighted by atomic mass is 35.5. The van der Waals surface area contributed by atoms with Crippen molar-refractivity contribution >= 4 is 22.9 Å². The highest BCUT2D eigenvalue weighted by Crippen LogP contribution is 2.20. The van der Waals surface area contributed by atoms with Gasteiger partial charge in [0.1, 0.15) is 0 Å². The van der Waals surface area contributed by atoms with E-state index in [2.05, 4.69) is 25.8 Å². The van der Waals surface area contributed by atoms with Crippen molar-refractivity contribution in [2.45, 2.75) is 51.8 Å². The van der Waals surface area contributed by atoms with Crippen molar-refractivity contribution in [3.63, 3.8) is 0 Å². The second-order valence-corrected chi connectivity index (χ2v) is 5.54. The Kier molecular flexibility index (Phi) is 4.90. The van der Waals surface area contributed by atoms with Crippen LogP contribution < -0.4 is 0 Å². The summed E-state index contributed by atoms with van der Waals surface area (Å²) in [6, 6.07) is 0. The summed E-state index contributed by atoms with van der Waals surface area (Å²) in [6.07, 6.45) is 4.52. The number of hydrogen-bond donors (Lipinski definition) is 0. The monoisotopic (exact) mass is 231 g/mol. The zero-order valence-corrected chi connectivity index (χ0v) is 10.7. The van der Waals surface area contributed by atoms with Crippen LogP contribution in [0.15, 0.2) is 0 Å². The van der Waals surface area contributed by atoms with Crippen LogP contribution in [0.2, 0.25) is 0 Å². The number of nitrogens with zero attached hydrogens (tertiary/aromatic N) is 1. The molecule has 0 radical (unpaired) electrons. The third kappa shape index (κ3) is 3.58. The second-order valence-electron chi connectivity index (χ2n) is 3.64. The molecule has 1 unspecified atom stereocenters. The molecule has 0 fully saturated rings. The summed E-state index contributed by atoms with van der Waals surface area (Å²) in [5.41, 5.74) is 1.20. The van der Waals surface area contributed by atoms with Crippen LogP contribution in [0.4, 0.5) is 0 Å². The fraction of sp³-hybridized carbons (Fsp3) is 0.727. The second kappa shape index (κ2) is 5.72. The van der Waals surface area contributed by atoms with Crippen LogP contribution in [0.5, 0.6) is 0 Å². The van der Waals surface area contributed by atoms with Gasteiger partial charge in [-0.3, -0.25) is 0 Å². The lowest BCUT2D eigenvalue weighted by molar-refractivity contribution is 0.676. The molecule has 0 N–H and O–H groups in total. The Bertz CT molecular complexity index is 283. The first-order valence-electron chi connectivity index (χ1n) is 5.20. The Labute approximate surface area is 95.5 Å². The molecule has 0 aliphatic carbocycles. The molecule has 1 rings (SSSR count). The molecule has 0 spiro atoms. The van der Waals surface area contributed by atoms with E-state index in [9.17, 15) is 0 Å². The average molecular weight is 232 g/mol. The predicted molar refractivity (Wildman–Crippen MR) is 64.5 cm³/mol. The number of rotatable bonds is 5. The van der Waals surface area contributed by atoms with Crippen LogP contribution in [-0.4, -0.2) is 10.4 Å². The summed E-state index contributed by atoms with van der Waals surface area (Å²) >= 11 is 7.88. The van der Waals surface area contributed by atoms with Crippen LogP contribution in [-0.2, 0) is 6.42 Å². The first kappa shape index (κ1) is 12.0. The van der Waals surface area contributed by atoms with Crippen molar-refractivity contribution in [1.82, 2.24) is 4.98 Å². The van der Waals surface area contributed by atoms with Crippen LogP contribution in [0.1, 0.15) is 41.8 Å². The molecule has 1 aromatic heterocycles. The first-order valence-corrected chi connectivity index (χ1v) is 6.45. The lowest BCUT2D eigenvalue weighted by Gasteiger charge is -2.04. The minimum atomic E-state index is 0.351. The molecule has 0 saturated carbocycles. The summed E-state index contributed by atoms with van der Waals surface area (Å²) in [4.78, 5) is 5.85. The van der Waals surface area contributed by atoms with Gasteiger partial charge >= 0.3 is 0 Å². The van der Waals surface area contributed by atoms with Gasteiger partial charge in [0, 0.05) is 10.3 Å². The van der Waals surface area contributed by atoms with E-state index < -0.39 is 0 Å². The van der Waals surface area contributed by atoms with Gasteiger partial charge in [0.15, 0.2) is 0 Å². The summed E-state index contributed by atoms with van der Waals surface area (Å²) in [6.45, 7) is 6.30. The smallest absolute Gasteiger partial charge is 0.0900 e. The van der Waals surface area contributed by atoms with Gasteiger partial charge in [-0.1, -0.05) is 6.92 Å². The Morgan fingerprint density at radius 1 is 1.43 bits per heavy atom. The third-order valence-electron chi connectivity index (χ3n) is 2.36. The van der Waals surface area contributed by atoms with E-state index in [0.29, 0.717) is 5.38 Å². The van der Waals surface area contributed by atoms with Crippen molar-refractivity contribution < 1.29 is 0 Å². The molecule has 0 bridgehead atoms. The molecule has 0 aromatic carbocycles. The molecule has 0 saturated heterocycles. The molecule has 1 nitrogen and oxygen atoms in total. The van der Waals surface area contributed by atoms with Crippen molar-refractivity contribution in [1.29, 1.82) is 0 Å². The zero-order chi connectivity index (χ0) is 10.6. The van der Waals surface area contributed by atoms with Crippen molar-refractivity contribution in [3.8, 4) is 0 Å². The largest absolute Gasteiger partial charge is 0.247 e. The summed E-state index contributed by atoms with van der Waals surface area (Å²) in [5, 5.41) is 1.53. The van der Waals surface area contributed by atoms with Crippen molar-refractivity contribution in [2.75, 3.05) is 0 Å². The molecule has 14 heavy (non-hydrogen) atoms. The number of hydrogen-bond acceptors (Lipinski definition) is 2. The topological polar surface area (TPSA) is 12.9 Å². The summed E-state index contributed by atoms with van der Waals surface area (Å²) < 4.78 is 0. The number of thiazole rings is 1. The SMILES string of the molecule is CCC(Cl)CCCc1sc(C)nc1C. The molecule has 1 aromatic rings. The lowest BCUT2D eigenvalue weighted by atomic mass is 10.1. The van der Waals surface area contributed by atoms with E-state index in [4.69, 9.17) is 11.6 Å².